The number of aryl methyl sites for hydroxylation is 3. The lowest BCUT2D eigenvalue weighted by Gasteiger charge is -2.11. The van der Waals surface area contributed by atoms with E-state index in [0.29, 0.717) is 22.7 Å². The molecular formula is C13H14N2O4. The second-order valence-corrected chi connectivity index (χ2v) is 4.47. The van der Waals surface area contributed by atoms with Gasteiger partial charge in [0, 0.05) is 11.8 Å². The molecular weight excluding hydrogens is 248 g/mol. The van der Waals surface area contributed by atoms with Crippen molar-refractivity contribution in [2.75, 3.05) is 0 Å². The van der Waals surface area contributed by atoms with Crippen LogP contribution in [-0.2, 0) is 6.54 Å². The highest BCUT2D eigenvalue weighted by atomic mass is 16.5. The van der Waals surface area contributed by atoms with E-state index >= 15 is 0 Å². The Balaban J connectivity index is 2.54. The van der Waals surface area contributed by atoms with E-state index in [0.717, 1.165) is 0 Å². The summed E-state index contributed by atoms with van der Waals surface area (Å²) in [6.45, 7) is 5.32. The van der Waals surface area contributed by atoms with Crippen LogP contribution in [-0.4, -0.2) is 20.8 Å². The maximum absolute atomic E-state index is 12.2. The smallest absolute Gasteiger partial charge is 0.341 e. The molecule has 2 aromatic heterocycles. The summed E-state index contributed by atoms with van der Waals surface area (Å²) in [6, 6.07) is 3.39. The second kappa shape index (κ2) is 4.72. The van der Waals surface area contributed by atoms with Gasteiger partial charge in [-0.1, -0.05) is 5.16 Å². The molecule has 1 N–H and O–H groups in total. The third kappa shape index (κ3) is 2.42. The van der Waals surface area contributed by atoms with Gasteiger partial charge in [-0.25, -0.2) is 4.79 Å². The third-order valence-corrected chi connectivity index (χ3v) is 2.91. The van der Waals surface area contributed by atoms with Gasteiger partial charge in [0.05, 0.1) is 12.2 Å². The Labute approximate surface area is 109 Å². The lowest BCUT2D eigenvalue weighted by Crippen LogP contribution is -2.29. The molecule has 0 atom stereocenters. The van der Waals surface area contributed by atoms with Crippen molar-refractivity contribution in [3.8, 4) is 0 Å². The fraction of sp³-hybridized carbons (Fsp3) is 0.308. The average Bonchev–Trinajstić information content (AvgIpc) is 2.69. The van der Waals surface area contributed by atoms with E-state index < -0.39 is 11.5 Å². The normalized spacial score (nSPS) is 10.7. The molecule has 0 aliphatic rings. The first kappa shape index (κ1) is 13.1. The molecule has 0 aliphatic carbocycles. The van der Waals surface area contributed by atoms with Gasteiger partial charge in [0.2, 0.25) is 0 Å². The number of aromatic nitrogens is 2. The van der Waals surface area contributed by atoms with E-state index in [4.69, 9.17) is 9.63 Å². The minimum Gasteiger partial charge on any atom is -0.477 e. The number of hydrogen-bond donors (Lipinski definition) is 1. The van der Waals surface area contributed by atoms with Gasteiger partial charge >= 0.3 is 5.97 Å². The van der Waals surface area contributed by atoms with Gasteiger partial charge in [0.25, 0.3) is 5.56 Å². The van der Waals surface area contributed by atoms with Crippen LogP contribution in [0.2, 0.25) is 0 Å². The van der Waals surface area contributed by atoms with Gasteiger partial charge in [-0.3, -0.25) is 4.79 Å². The summed E-state index contributed by atoms with van der Waals surface area (Å²) in [5.41, 5.74) is 1.12. The summed E-state index contributed by atoms with van der Waals surface area (Å²) in [6.07, 6.45) is 0. The van der Waals surface area contributed by atoms with Crippen LogP contribution >= 0.6 is 0 Å². The first-order valence-electron chi connectivity index (χ1n) is 5.76. The molecule has 0 saturated heterocycles. The molecule has 6 heteroatoms. The molecule has 0 fully saturated rings. The number of pyridine rings is 1. The Hall–Kier alpha value is -2.37. The van der Waals surface area contributed by atoms with Crippen molar-refractivity contribution >= 4 is 5.97 Å². The van der Waals surface area contributed by atoms with Crippen LogP contribution < -0.4 is 5.56 Å². The highest BCUT2D eigenvalue weighted by molar-refractivity contribution is 5.88. The summed E-state index contributed by atoms with van der Waals surface area (Å²) in [5.74, 6) is -0.701. The Kier molecular flexibility index (Phi) is 3.25. The van der Waals surface area contributed by atoms with E-state index in [1.165, 1.54) is 4.57 Å². The van der Waals surface area contributed by atoms with Crippen LogP contribution in [0.5, 0.6) is 0 Å². The number of hydrogen-bond acceptors (Lipinski definition) is 4. The molecule has 2 rings (SSSR count). The minimum atomic E-state index is -1.22. The fourth-order valence-corrected chi connectivity index (χ4v) is 2.03. The number of nitrogens with zero attached hydrogens (tertiary/aromatic N) is 2. The summed E-state index contributed by atoms with van der Waals surface area (Å²) in [7, 11) is 0. The molecule has 0 unspecified atom stereocenters. The lowest BCUT2D eigenvalue weighted by molar-refractivity contribution is 0.0693. The van der Waals surface area contributed by atoms with Crippen molar-refractivity contribution < 1.29 is 14.4 Å². The SMILES string of the molecule is Cc1cc(Cn2c(C)cc(C)c(C(=O)O)c2=O)on1. The van der Waals surface area contributed by atoms with Crippen molar-refractivity contribution in [1.82, 2.24) is 9.72 Å². The average molecular weight is 262 g/mol. The zero-order valence-electron chi connectivity index (χ0n) is 10.9. The number of carbonyl (C=O) groups is 1. The molecule has 100 valence electrons. The Morgan fingerprint density at radius 2 is 2.05 bits per heavy atom. The minimum absolute atomic E-state index is 0.173. The monoisotopic (exact) mass is 262 g/mol. The van der Waals surface area contributed by atoms with Crippen LogP contribution in [0.3, 0.4) is 0 Å². The molecule has 0 amide bonds. The lowest BCUT2D eigenvalue weighted by atomic mass is 10.1. The second-order valence-electron chi connectivity index (χ2n) is 4.47. The van der Waals surface area contributed by atoms with Crippen LogP contribution in [0.15, 0.2) is 21.5 Å². The van der Waals surface area contributed by atoms with E-state index in [9.17, 15) is 9.59 Å². The Bertz CT molecular complexity index is 697. The molecule has 2 aromatic rings. The number of aromatic carboxylic acids is 1. The first-order chi connectivity index (χ1) is 8.90. The van der Waals surface area contributed by atoms with Crippen LogP contribution in [0.1, 0.15) is 33.1 Å². The highest BCUT2D eigenvalue weighted by Gasteiger charge is 2.17. The van der Waals surface area contributed by atoms with E-state index in [1.807, 2.05) is 0 Å². The van der Waals surface area contributed by atoms with E-state index in [2.05, 4.69) is 5.16 Å². The molecule has 0 spiro atoms. The molecule has 0 bridgehead atoms. The predicted octanol–water partition coefficient (Wildman–Crippen LogP) is 1.51. The van der Waals surface area contributed by atoms with E-state index in [1.54, 1.807) is 32.9 Å². The van der Waals surface area contributed by atoms with Crippen molar-refractivity contribution in [1.29, 1.82) is 0 Å². The molecule has 6 nitrogen and oxygen atoms in total. The van der Waals surface area contributed by atoms with Crippen LogP contribution in [0.25, 0.3) is 0 Å². The van der Waals surface area contributed by atoms with Gasteiger partial charge in [0.1, 0.15) is 5.56 Å². The zero-order valence-corrected chi connectivity index (χ0v) is 10.9. The molecule has 0 aromatic carbocycles. The topological polar surface area (TPSA) is 85.3 Å². The van der Waals surface area contributed by atoms with Crippen LogP contribution in [0.4, 0.5) is 0 Å². The highest BCUT2D eigenvalue weighted by Crippen LogP contribution is 2.10. The predicted molar refractivity (Wildman–Crippen MR) is 67.5 cm³/mol. The fourth-order valence-electron chi connectivity index (χ4n) is 2.03. The Morgan fingerprint density at radius 3 is 2.58 bits per heavy atom. The molecule has 0 radical (unpaired) electrons. The largest absolute Gasteiger partial charge is 0.477 e. The van der Waals surface area contributed by atoms with Gasteiger partial charge in [-0.05, 0) is 32.4 Å². The van der Waals surface area contributed by atoms with E-state index in [-0.39, 0.29) is 12.1 Å². The summed E-state index contributed by atoms with van der Waals surface area (Å²) in [4.78, 5) is 23.3. The molecule has 19 heavy (non-hydrogen) atoms. The van der Waals surface area contributed by atoms with Crippen molar-refractivity contribution in [2.45, 2.75) is 27.3 Å². The van der Waals surface area contributed by atoms with Crippen LogP contribution in [0, 0.1) is 20.8 Å². The van der Waals surface area contributed by atoms with Crippen molar-refractivity contribution in [2.24, 2.45) is 0 Å². The third-order valence-electron chi connectivity index (χ3n) is 2.91. The zero-order chi connectivity index (χ0) is 14.2. The Morgan fingerprint density at radius 1 is 1.37 bits per heavy atom. The maximum Gasteiger partial charge on any atom is 0.341 e. The summed E-state index contributed by atoms with van der Waals surface area (Å²) in [5, 5.41) is 12.8. The van der Waals surface area contributed by atoms with Gasteiger partial charge in [-0.2, -0.15) is 0 Å². The van der Waals surface area contributed by atoms with Gasteiger partial charge < -0.3 is 14.2 Å². The summed E-state index contributed by atoms with van der Waals surface area (Å²) < 4.78 is 6.42. The maximum atomic E-state index is 12.2. The number of rotatable bonds is 3. The first-order valence-corrected chi connectivity index (χ1v) is 5.76. The number of carboxylic acids is 1. The summed E-state index contributed by atoms with van der Waals surface area (Å²) >= 11 is 0. The van der Waals surface area contributed by atoms with Crippen molar-refractivity contribution in [3.63, 3.8) is 0 Å². The van der Waals surface area contributed by atoms with Gasteiger partial charge in [0.15, 0.2) is 5.76 Å². The quantitative estimate of drug-likeness (QED) is 0.906. The molecule has 0 saturated carbocycles. The molecule has 0 aliphatic heterocycles. The standard InChI is InChI=1S/C13H14N2O4/c1-7-4-9(3)15(12(16)11(7)13(17)18)6-10-5-8(2)14-19-10/h4-5H,6H2,1-3H3,(H,17,18). The number of carboxylic acid groups (broad SMARTS) is 1. The van der Waals surface area contributed by atoms with Crippen molar-refractivity contribution in [3.05, 3.63) is 50.8 Å². The molecule has 2 heterocycles. The van der Waals surface area contributed by atoms with Gasteiger partial charge in [-0.15, -0.1) is 0 Å².